The molecule has 1 unspecified atom stereocenters. The Bertz CT molecular complexity index is 996. The molecule has 4 rings (SSSR count). The number of carbonyl (C=O) groups is 1. The van der Waals surface area contributed by atoms with Crippen LogP contribution in [0, 0.1) is 5.82 Å². The van der Waals surface area contributed by atoms with Gasteiger partial charge in [-0.3, -0.25) is 0 Å². The Morgan fingerprint density at radius 2 is 1.76 bits per heavy atom. The van der Waals surface area contributed by atoms with Gasteiger partial charge in [-0.25, -0.2) is 22.3 Å². The standard InChI is InChI=1S/C20H23FN4O3S/c21-18-9-8-16(12-19(18)29(27,28)24-15-6-7-15)23-20(26)25-11-10-17(13-25)22-14-4-2-1-3-5-14/h1-5,8-9,12,15,17,22,24H,6-7,10-11,13H2,(H,23,26). The van der Waals surface area contributed by atoms with Gasteiger partial charge in [-0.15, -0.1) is 0 Å². The van der Waals surface area contributed by atoms with E-state index in [1.165, 1.54) is 6.07 Å². The number of carbonyl (C=O) groups excluding carboxylic acids is 1. The van der Waals surface area contributed by atoms with Crippen molar-refractivity contribution in [1.29, 1.82) is 0 Å². The van der Waals surface area contributed by atoms with E-state index in [2.05, 4.69) is 15.4 Å². The minimum absolute atomic E-state index is 0.128. The fourth-order valence-corrected chi connectivity index (χ4v) is 4.71. The smallest absolute Gasteiger partial charge is 0.321 e. The molecule has 0 aromatic heterocycles. The van der Waals surface area contributed by atoms with Crippen LogP contribution in [-0.4, -0.2) is 44.5 Å². The van der Waals surface area contributed by atoms with Crippen molar-refractivity contribution in [2.45, 2.75) is 36.2 Å². The van der Waals surface area contributed by atoms with E-state index >= 15 is 0 Å². The van der Waals surface area contributed by atoms with Crippen LogP contribution < -0.4 is 15.4 Å². The molecule has 0 bridgehead atoms. The van der Waals surface area contributed by atoms with Crippen LogP contribution >= 0.6 is 0 Å². The summed E-state index contributed by atoms with van der Waals surface area (Å²) in [7, 11) is -3.95. The molecule has 1 saturated heterocycles. The third-order valence-electron chi connectivity index (χ3n) is 4.99. The summed E-state index contributed by atoms with van der Waals surface area (Å²) in [6.45, 7) is 1.10. The number of halogens is 1. The number of rotatable bonds is 6. The summed E-state index contributed by atoms with van der Waals surface area (Å²) < 4.78 is 41.2. The van der Waals surface area contributed by atoms with Crippen LogP contribution in [0.5, 0.6) is 0 Å². The lowest BCUT2D eigenvalue weighted by atomic mass is 10.2. The predicted molar refractivity (Wildman–Crippen MR) is 109 cm³/mol. The molecular formula is C20H23FN4O3S. The van der Waals surface area contributed by atoms with Gasteiger partial charge in [0.25, 0.3) is 0 Å². The van der Waals surface area contributed by atoms with Crippen LogP contribution in [-0.2, 0) is 10.0 Å². The first-order chi connectivity index (χ1) is 13.9. The number of urea groups is 1. The van der Waals surface area contributed by atoms with Crippen molar-refractivity contribution >= 4 is 27.4 Å². The number of hydrogen-bond donors (Lipinski definition) is 3. The van der Waals surface area contributed by atoms with Crippen LogP contribution in [0.4, 0.5) is 20.6 Å². The quantitative estimate of drug-likeness (QED) is 0.673. The molecule has 0 spiro atoms. The van der Waals surface area contributed by atoms with Gasteiger partial charge in [0.05, 0.1) is 0 Å². The number of likely N-dealkylation sites (tertiary alicyclic amines) is 1. The van der Waals surface area contributed by atoms with Gasteiger partial charge in [-0.1, -0.05) is 18.2 Å². The first-order valence-corrected chi connectivity index (χ1v) is 11.1. The molecule has 29 heavy (non-hydrogen) atoms. The van der Waals surface area contributed by atoms with Crippen LogP contribution in [0.1, 0.15) is 19.3 Å². The van der Waals surface area contributed by atoms with Crippen LogP contribution in [0.3, 0.4) is 0 Å². The van der Waals surface area contributed by atoms with Crippen molar-refractivity contribution in [1.82, 2.24) is 9.62 Å². The molecule has 2 aromatic rings. The highest BCUT2D eigenvalue weighted by atomic mass is 32.2. The number of sulfonamides is 1. The van der Waals surface area contributed by atoms with Gasteiger partial charge in [-0.2, -0.15) is 0 Å². The molecule has 2 fully saturated rings. The molecule has 1 saturated carbocycles. The Kier molecular flexibility index (Phi) is 5.42. The second-order valence-corrected chi connectivity index (χ2v) is 9.10. The third kappa shape index (κ3) is 4.86. The first-order valence-electron chi connectivity index (χ1n) is 9.60. The van der Waals surface area contributed by atoms with E-state index in [9.17, 15) is 17.6 Å². The third-order valence-corrected chi connectivity index (χ3v) is 6.53. The van der Waals surface area contributed by atoms with Gasteiger partial charge < -0.3 is 15.5 Å². The van der Waals surface area contributed by atoms with Gasteiger partial charge in [0.2, 0.25) is 10.0 Å². The van der Waals surface area contributed by atoms with E-state index in [4.69, 9.17) is 0 Å². The molecule has 1 heterocycles. The molecule has 9 heteroatoms. The fourth-order valence-electron chi connectivity index (χ4n) is 3.31. The summed E-state index contributed by atoms with van der Waals surface area (Å²) >= 11 is 0. The van der Waals surface area contributed by atoms with Crippen molar-refractivity contribution < 1.29 is 17.6 Å². The van der Waals surface area contributed by atoms with E-state index in [1.54, 1.807) is 4.90 Å². The number of para-hydroxylation sites is 1. The molecule has 1 aliphatic heterocycles. The monoisotopic (exact) mass is 418 g/mol. The van der Waals surface area contributed by atoms with Gasteiger partial charge in [0, 0.05) is 36.5 Å². The highest BCUT2D eigenvalue weighted by Crippen LogP contribution is 2.25. The zero-order valence-electron chi connectivity index (χ0n) is 15.8. The molecule has 3 N–H and O–H groups in total. The van der Waals surface area contributed by atoms with E-state index in [0.717, 1.165) is 37.1 Å². The summed E-state index contributed by atoms with van der Waals surface area (Å²) in [5.74, 6) is -0.843. The number of amides is 2. The maximum Gasteiger partial charge on any atom is 0.321 e. The average Bonchev–Trinajstić information content (AvgIpc) is 3.37. The van der Waals surface area contributed by atoms with Gasteiger partial charge in [0.15, 0.2) is 0 Å². The number of anilines is 2. The van der Waals surface area contributed by atoms with Crippen molar-refractivity contribution in [3.05, 3.63) is 54.3 Å². The summed E-state index contributed by atoms with van der Waals surface area (Å²) in [4.78, 5) is 13.8. The van der Waals surface area contributed by atoms with E-state index in [-0.39, 0.29) is 23.8 Å². The lowest BCUT2D eigenvalue weighted by Crippen LogP contribution is -2.35. The number of hydrogen-bond acceptors (Lipinski definition) is 4. The van der Waals surface area contributed by atoms with Gasteiger partial charge in [-0.05, 0) is 49.6 Å². The van der Waals surface area contributed by atoms with Crippen molar-refractivity contribution in [3.8, 4) is 0 Å². The lowest BCUT2D eigenvalue weighted by molar-refractivity contribution is 0.222. The SMILES string of the molecule is O=C(Nc1ccc(F)c(S(=O)(=O)NC2CC2)c1)N1CCC(Nc2ccccc2)C1. The molecule has 1 aliphatic carbocycles. The molecule has 154 valence electrons. The molecular weight excluding hydrogens is 395 g/mol. The normalized spacial score (nSPS) is 19.2. The maximum absolute atomic E-state index is 14.1. The van der Waals surface area contributed by atoms with Crippen molar-refractivity contribution in [2.24, 2.45) is 0 Å². The topological polar surface area (TPSA) is 90.5 Å². The minimum atomic E-state index is -3.95. The Balaban J connectivity index is 1.39. The van der Waals surface area contributed by atoms with Crippen LogP contribution in [0.25, 0.3) is 0 Å². The Labute approximate surface area is 169 Å². The van der Waals surface area contributed by atoms with E-state index in [0.29, 0.717) is 13.1 Å². The second-order valence-electron chi connectivity index (χ2n) is 7.41. The predicted octanol–water partition coefficient (Wildman–Crippen LogP) is 2.98. The van der Waals surface area contributed by atoms with Gasteiger partial charge in [0.1, 0.15) is 10.7 Å². The highest BCUT2D eigenvalue weighted by molar-refractivity contribution is 7.89. The molecule has 0 radical (unpaired) electrons. The summed E-state index contributed by atoms with van der Waals surface area (Å²) in [6, 6.07) is 13.0. The molecule has 7 nitrogen and oxygen atoms in total. The average molecular weight is 418 g/mol. The van der Waals surface area contributed by atoms with E-state index in [1.807, 2.05) is 30.3 Å². The Morgan fingerprint density at radius 3 is 2.48 bits per heavy atom. The van der Waals surface area contributed by atoms with Gasteiger partial charge >= 0.3 is 6.03 Å². The first kappa shape index (κ1) is 19.7. The Hall–Kier alpha value is -2.65. The number of nitrogens with one attached hydrogen (secondary N) is 3. The fraction of sp³-hybridized carbons (Fsp3) is 0.350. The molecule has 2 amide bonds. The largest absolute Gasteiger partial charge is 0.380 e. The van der Waals surface area contributed by atoms with Crippen LogP contribution in [0.15, 0.2) is 53.4 Å². The van der Waals surface area contributed by atoms with E-state index < -0.39 is 20.7 Å². The summed E-state index contributed by atoms with van der Waals surface area (Å²) in [5, 5.41) is 6.07. The summed E-state index contributed by atoms with van der Waals surface area (Å²) in [5.41, 5.74) is 1.24. The second kappa shape index (κ2) is 8.00. The maximum atomic E-state index is 14.1. The molecule has 2 aromatic carbocycles. The molecule has 1 atom stereocenters. The number of benzene rings is 2. The summed E-state index contributed by atoms with van der Waals surface area (Å²) in [6.07, 6.45) is 2.31. The highest BCUT2D eigenvalue weighted by Gasteiger charge is 2.30. The number of nitrogens with zero attached hydrogens (tertiary/aromatic N) is 1. The lowest BCUT2D eigenvalue weighted by Gasteiger charge is -2.19. The zero-order valence-corrected chi connectivity index (χ0v) is 16.6. The van der Waals surface area contributed by atoms with Crippen molar-refractivity contribution in [2.75, 3.05) is 23.7 Å². The van der Waals surface area contributed by atoms with Crippen molar-refractivity contribution in [3.63, 3.8) is 0 Å². The Morgan fingerprint density at radius 1 is 1.00 bits per heavy atom. The molecule has 2 aliphatic rings. The minimum Gasteiger partial charge on any atom is -0.380 e. The van der Waals surface area contributed by atoms with Crippen LogP contribution in [0.2, 0.25) is 0 Å². The zero-order chi connectivity index (χ0) is 20.4.